The zero-order chi connectivity index (χ0) is 18.7. The molecule has 2 heterocycles. The van der Waals surface area contributed by atoms with Crippen LogP contribution in [-0.4, -0.2) is 40.3 Å². The minimum atomic E-state index is -4.91. The lowest BCUT2D eigenvalue weighted by atomic mass is 10.1. The first-order valence-corrected chi connectivity index (χ1v) is 8.06. The van der Waals surface area contributed by atoms with Crippen LogP contribution in [0, 0.1) is 0 Å². The number of amides is 1. The summed E-state index contributed by atoms with van der Waals surface area (Å²) in [6, 6.07) is 8.39. The summed E-state index contributed by atoms with van der Waals surface area (Å²) in [5.74, 6) is -2.29. The summed E-state index contributed by atoms with van der Waals surface area (Å²) in [6.45, 7) is 0.410. The number of anilines is 1. The van der Waals surface area contributed by atoms with Gasteiger partial charge in [0, 0.05) is 30.4 Å². The quantitative estimate of drug-likeness (QED) is 0.847. The molecule has 5 nitrogen and oxygen atoms in total. The molecule has 0 aliphatic carbocycles. The van der Waals surface area contributed by atoms with Crippen molar-refractivity contribution in [2.75, 3.05) is 11.9 Å². The van der Waals surface area contributed by atoms with Gasteiger partial charge in [-0.1, -0.05) is 18.2 Å². The van der Waals surface area contributed by atoms with Crippen molar-refractivity contribution in [2.45, 2.75) is 25.1 Å². The normalized spacial score (nSPS) is 17.8. The van der Waals surface area contributed by atoms with E-state index in [4.69, 9.17) is 0 Å². The Bertz CT molecular complexity index is 859. The molecular weight excluding hydrogens is 347 g/mol. The molecule has 0 radical (unpaired) electrons. The number of allylic oxidation sites excluding steroid dienone is 1. The lowest BCUT2D eigenvalue weighted by Crippen LogP contribution is -2.37. The third-order valence-electron chi connectivity index (χ3n) is 4.18. The summed E-state index contributed by atoms with van der Waals surface area (Å²) >= 11 is 0. The van der Waals surface area contributed by atoms with Gasteiger partial charge in [0.05, 0.1) is 11.2 Å². The number of carbonyl (C=O) groups is 2. The lowest BCUT2D eigenvalue weighted by Gasteiger charge is -2.22. The van der Waals surface area contributed by atoms with Gasteiger partial charge in [0.1, 0.15) is 6.04 Å². The Balaban J connectivity index is 1.74. The van der Waals surface area contributed by atoms with E-state index in [2.05, 4.69) is 10.3 Å². The van der Waals surface area contributed by atoms with E-state index in [1.165, 1.54) is 4.90 Å². The van der Waals surface area contributed by atoms with Gasteiger partial charge >= 0.3 is 6.18 Å². The Morgan fingerprint density at radius 2 is 2.00 bits per heavy atom. The summed E-state index contributed by atoms with van der Waals surface area (Å²) in [5, 5.41) is 3.66. The van der Waals surface area contributed by atoms with Crippen LogP contribution >= 0.6 is 0 Å². The SMILES string of the molecule is O=C(Nc1cccc2cccnc12)[C@@H]1CCCN1/C=C/C(=O)C(F)(F)F. The minimum absolute atomic E-state index is 0.343. The third kappa shape index (κ3) is 3.84. The molecule has 26 heavy (non-hydrogen) atoms. The highest BCUT2D eigenvalue weighted by atomic mass is 19.4. The van der Waals surface area contributed by atoms with Crippen LogP contribution in [0.1, 0.15) is 12.8 Å². The minimum Gasteiger partial charge on any atom is -0.365 e. The van der Waals surface area contributed by atoms with Crippen molar-refractivity contribution >= 4 is 28.3 Å². The maximum absolute atomic E-state index is 12.6. The van der Waals surface area contributed by atoms with E-state index in [1.807, 2.05) is 12.1 Å². The Kier molecular flexibility index (Phi) is 4.92. The first kappa shape index (κ1) is 17.9. The smallest absolute Gasteiger partial charge is 0.365 e. The highest BCUT2D eigenvalue weighted by Gasteiger charge is 2.37. The van der Waals surface area contributed by atoms with Crippen LogP contribution in [0.25, 0.3) is 10.9 Å². The molecule has 3 rings (SSSR count). The van der Waals surface area contributed by atoms with E-state index in [1.54, 1.807) is 24.4 Å². The van der Waals surface area contributed by atoms with Crippen LogP contribution in [0.4, 0.5) is 18.9 Å². The second-order valence-corrected chi connectivity index (χ2v) is 5.94. The Labute approximate surface area is 147 Å². The summed E-state index contributed by atoms with van der Waals surface area (Å²) < 4.78 is 36.9. The molecule has 0 bridgehead atoms. The van der Waals surface area contributed by atoms with Gasteiger partial charge < -0.3 is 10.2 Å². The van der Waals surface area contributed by atoms with Gasteiger partial charge in [0.25, 0.3) is 5.78 Å². The van der Waals surface area contributed by atoms with Crippen molar-refractivity contribution in [1.82, 2.24) is 9.88 Å². The fraction of sp³-hybridized carbons (Fsp3) is 0.278. The average Bonchev–Trinajstić information content (AvgIpc) is 3.08. The number of rotatable bonds is 4. The summed E-state index contributed by atoms with van der Waals surface area (Å²) in [4.78, 5) is 29.3. The Hall–Kier alpha value is -2.90. The molecule has 1 aliphatic heterocycles. The number of para-hydroxylation sites is 1. The number of aromatic nitrogens is 1. The highest BCUT2D eigenvalue weighted by Crippen LogP contribution is 2.24. The van der Waals surface area contributed by atoms with E-state index < -0.39 is 18.0 Å². The number of hydrogen-bond donors (Lipinski definition) is 1. The molecule has 1 aromatic heterocycles. The molecular formula is C18H16F3N3O2. The molecule has 1 aliphatic rings. The van der Waals surface area contributed by atoms with Crippen molar-refractivity contribution in [3.63, 3.8) is 0 Å². The lowest BCUT2D eigenvalue weighted by molar-refractivity contribution is -0.165. The Morgan fingerprint density at radius 1 is 1.23 bits per heavy atom. The number of ketones is 1. The van der Waals surface area contributed by atoms with Crippen molar-refractivity contribution in [3.05, 3.63) is 48.8 Å². The van der Waals surface area contributed by atoms with E-state index in [0.29, 0.717) is 36.7 Å². The van der Waals surface area contributed by atoms with Gasteiger partial charge in [-0.25, -0.2) is 0 Å². The third-order valence-corrected chi connectivity index (χ3v) is 4.18. The predicted molar refractivity (Wildman–Crippen MR) is 90.3 cm³/mol. The fourth-order valence-electron chi connectivity index (χ4n) is 2.93. The second kappa shape index (κ2) is 7.15. The second-order valence-electron chi connectivity index (χ2n) is 5.94. The van der Waals surface area contributed by atoms with Gasteiger partial charge in [-0.2, -0.15) is 13.2 Å². The monoisotopic (exact) mass is 363 g/mol. The Morgan fingerprint density at radius 3 is 2.77 bits per heavy atom. The van der Waals surface area contributed by atoms with Gasteiger partial charge in [-0.3, -0.25) is 14.6 Å². The standard InChI is InChI=1S/C18H16F3N3O2/c19-18(20,21)15(25)8-11-24-10-3-7-14(24)17(26)23-13-6-1-4-12-5-2-9-22-16(12)13/h1-2,4-6,8-9,11,14H,3,7,10H2,(H,23,26)/b11-8+/t14-/m0/s1. The van der Waals surface area contributed by atoms with Crippen LogP contribution < -0.4 is 5.32 Å². The van der Waals surface area contributed by atoms with Crippen LogP contribution in [0.3, 0.4) is 0 Å². The maximum atomic E-state index is 12.6. The number of nitrogens with zero attached hydrogens (tertiary/aromatic N) is 2. The van der Waals surface area contributed by atoms with Crippen LogP contribution in [0.15, 0.2) is 48.8 Å². The molecule has 136 valence electrons. The number of pyridine rings is 1. The number of hydrogen-bond acceptors (Lipinski definition) is 4. The zero-order valence-electron chi connectivity index (χ0n) is 13.7. The molecule has 0 saturated carbocycles. The molecule has 8 heteroatoms. The topological polar surface area (TPSA) is 62.3 Å². The molecule has 1 aromatic carbocycles. The highest BCUT2D eigenvalue weighted by molar-refractivity contribution is 6.02. The first-order chi connectivity index (χ1) is 12.4. The van der Waals surface area contributed by atoms with E-state index >= 15 is 0 Å². The van der Waals surface area contributed by atoms with Crippen molar-refractivity contribution < 1.29 is 22.8 Å². The van der Waals surface area contributed by atoms with Crippen molar-refractivity contribution in [3.8, 4) is 0 Å². The van der Waals surface area contributed by atoms with E-state index in [9.17, 15) is 22.8 Å². The largest absolute Gasteiger partial charge is 0.454 e. The van der Waals surface area contributed by atoms with Crippen LogP contribution in [0.2, 0.25) is 0 Å². The molecule has 1 amide bonds. The van der Waals surface area contributed by atoms with Gasteiger partial charge in [-0.05, 0) is 25.0 Å². The molecule has 1 fully saturated rings. The number of carbonyl (C=O) groups excluding carboxylic acids is 2. The average molecular weight is 363 g/mol. The van der Waals surface area contributed by atoms with E-state index in [-0.39, 0.29) is 5.91 Å². The van der Waals surface area contributed by atoms with Crippen LogP contribution in [-0.2, 0) is 9.59 Å². The summed E-state index contributed by atoms with van der Waals surface area (Å²) in [5.41, 5.74) is 1.17. The maximum Gasteiger partial charge on any atom is 0.454 e. The number of likely N-dealkylation sites (tertiary alicyclic amines) is 1. The molecule has 1 N–H and O–H groups in total. The molecule has 1 atom stereocenters. The number of nitrogens with one attached hydrogen (secondary N) is 1. The summed E-state index contributed by atoms with van der Waals surface area (Å²) in [6.07, 6.45) is -0.640. The van der Waals surface area contributed by atoms with Gasteiger partial charge in [-0.15, -0.1) is 0 Å². The van der Waals surface area contributed by atoms with E-state index in [0.717, 1.165) is 11.6 Å². The predicted octanol–water partition coefficient (Wildman–Crippen LogP) is 3.28. The zero-order valence-corrected chi connectivity index (χ0v) is 13.7. The van der Waals surface area contributed by atoms with Crippen LogP contribution in [0.5, 0.6) is 0 Å². The van der Waals surface area contributed by atoms with Crippen molar-refractivity contribution in [2.24, 2.45) is 0 Å². The molecule has 2 aromatic rings. The van der Waals surface area contributed by atoms with Crippen molar-refractivity contribution in [1.29, 1.82) is 0 Å². The number of halogens is 3. The van der Waals surface area contributed by atoms with Gasteiger partial charge in [0.15, 0.2) is 0 Å². The molecule has 0 unspecified atom stereocenters. The number of fused-ring (bicyclic) bond motifs is 1. The first-order valence-electron chi connectivity index (χ1n) is 8.06. The molecule has 1 saturated heterocycles. The fourth-order valence-corrected chi connectivity index (χ4v) is 2.93. The number of alkyl halides is 3. The summed E-state index contributed by atoms with van der Waals surface area (Å²) in [7, 11) is 0. The number of benzene rings is 1. The molecule has 0 spiro atoms. The van der Waals surface area contributed by atoms with Gasteiger partial charge in [0.2, 0.25) is 5.91 Å².